The van der Waals surface area contributed by atoms with Crippen LogP contribution < -0.4 is 10.9 Å². The summed E-state index contributed by atoms with van der Waals surface area (Å²) in [7, 11) is 0. The number of hydrogen-bond acceptors (Lipinski definition) is 5. The quantitative estimate of drug-likeness (QED) is 0.577. The summed E-state index contributed by atoms with van der Waals surface area (Å²) in [6, 6.07) is 12.8. The standard InChI is InChI=1S/C24H23F3N4O4/c25-24(26,27)18-5-1-2-6-19(18)28-21(32)16-29-11-13-30(14-12-29)23(34)20-9-8-17(35-20)15-31-10-4-3-7-22(31)33/h1-10H,11-16H2,(H,28,32). The molecular formula is C24H23F3N4O4. The van der Waals surface area contributed by atoms with E-state index in [1.807, 2.05) is 0 Å². The number of para-hydroxylation sites is 1. The molecule has 8 nitrogen and oxygen atoms in total. The van der Waals surface area contributed by atoms with Gasteiger partial charge in [-0.1, -0.05) is 18.2 Å². The number of amides is 2. The molecule has 2 amide bonds. The third-order valence-electron chi connectivity index (χ3n) is 5.63. The molecule has 2 aromatic heterocycles. The summed E-state index contributed by atoms with van der Waals surface area (Å²) in [5.74, 6) is -0.247. The molecule has 1 aliphatic rings. The Balaban J connectivity index is 1.29. The average molecular weight is 488 g/mol. The number of nitrogens with zero attached hydrogens (tertiary/aromatic N) is 3. The number of benzene rings is 1. The maximum Gasteiger partial charge on any atom is 0.418 e. The van der Waals surface area contributed by atoms with Gasteiger partial charge in [-0.2, -0.15) is 13.2 Å². The highest BCUT2D eigenvalue weighted by molar-refractivity contribution is 5.93. The lowest BCUT2D eigenvalue weighted by atomic mass is 10.1. The van der Waals surface area contributed by atoms with Crippen LogP contribution in [0.2, 0.25) is 0 Å². The van der Waals surface area contributed by atoms with Gasteiger partial charge < -0.3 is 19.2 Å². The number of piperazine rings is 1. The summed E-state index contributed by atoms with van der Waals surface area (Å²) >= 11 is 0. The zero-order valence-corrected chi connectivity index (χ0v) is 18.6. The predicted octanol–water partition coefficient (Wildman–Crippen LogP) is 2.90. The van der Waals surface area contributed by atoms with E-state index in [0.29, 0.717) is 31.9 Å². The van der Waals surface area contributed by atoms with Gasteiger partial charge in [0.2, 0.25) is 5.91 Å². The number of anilines is 1. The van der Waals surface area contributed by atoms with Crippen molar-refractivity contribution in [2.24, 2.45) is 0 Å². The Labute approximate surface area is 198 Å². The van der Waals surface area contributed by atoms with Gasteiger partial charge >= 0.3 is 6.18 Å². The van der Waals surface area contributed by atoms with Crippen LogP contribution in [0.4, 0.5) is 18.9 Å². The molecule has 4 rings (SSSR count). The number of rotatable bonds is 6. The fourth-order valence-corrected chi connectivity index (χ4v) is 3.83. The minimum Gasteiger partial charge on any atom is -0.454 e. The lowest BCUT2D eigenvalue weighted by Gasteiger charge is -2.33. The molecule has 1 aliphatic heterocycles. The molecule has 184 valence electrons. The number of halogens is 3. The van der Waals surface area contributed by atoms with Gasteiger partial charge in [0.05, 0.1) is 24.3 Å². The molecule has 1 fully saturated rings. The number of nitrogens with one attached hydrogen (secondary N) is 1. The maximum atomic E-state index is 13.1. The van der Waals surface area contributed by atoms with Crippen LogP contribution in [0.3, 0.4) is 0 Å². The Bertz CT molecular complexity index is 1260. The van der Waals surface area contributed by atoms with E-state index in [-0.39, 0.29) is 36.0 Å². The molecule has 0 saturated carbocycles. The summed E-state index contributed by atoms with van der Waals surface area (Å²) in [6.07, 6.45) is -2.94. The Morgan fingerprint density at radius 2 is 1.66 bits per heavy atom. The van der Waals surface area contributed by atoms with Crippen molar-refractivity contribution in [2.45, 2.75) is 12.7 Å². The smallest absolute Gasteiger partial charge is 0.418 e. The number of carbonyl (C=O) groups excluding carboxylic acids is 2. The van der Waals surface area contributed by atoms with Gasteiger partial charge in [0, 0.05) is 38.4 Å². The summed E-state index contributed by atoms with van der Waals surface area (Å²) in [5, 5.41) is 2.33. The SMILES string of the molecule is O=C(CN1CCN(C(=O)c2ccc(Cn3ccccc3=O)o2)CC1)Nc1ccccc1C(F)(F)F. The van der Waals surface area contributed by atoms with Crippen molar-refractivity contribution in [2.75, 3.05) is 38.0 Å². The molecule has 35 heavy (non-hydrogen) atoms. The molecule has 0 spiro atoms. The van der Waals surface area contributed by atoms with E-state index in [1.54, 1.807) is 40.3 Å². The van der Waals surface area contributed by atoms with Crippen LogP contribution in [0.25, 0.3) is 0 Å². The van der Waals surface area contributed by atoms with Crippen LogP contribution in [0, 0.1) is 0 Å². The number of hydrogen-bond donors (Lipinski definition) is 1. The first-order valence-electron chi connectivity index (χ1n) is 10.9. The first-order chi connectivity index (χ1) is 16.7. The zero-order valence-electron chi connectivity index (χ0n) is 18.6. The van der Waals surface area contributed by atoms with Crippen molar-refractivity contribution in [1.82, 2.24) is 14.4 Å². The molecule has 0 aliphatic carbocycles. The average Bonchev–Trinajstić information content (AvgIpc) is 3.29. The second-order valence-corrected chi connectivity index (χ2v) is 8.09. The maximum absolute atomic E-state index is 13.1. The molecule has 0 bridgehead atoms. The highest BCUT2D eigenvalue weighted by Gasteiger charge is 2.33. The lowest BCUT2D eigenvalue weighted by Crippen LogP contribution is -2.50. The number of alkyl halides is 3. The van der Waals surface area contributed by atoms with Crippen LogP contribution in [0.1, 0.15) is 21.9 Å². The molecule has 0 radical (unpaired) electrons. The van der Waals surface area contributed by atoms with E-state index >= 15 is 0 Å². The van der Waals surface area contributed by atoms with Crippen LogP contribution in [-0.4, -0.2) is 58.9 Å². The minimum atomic E-state index is -4.57. The van der Waals surface area contributed by atoms with Gasteiger partial charge in [0.25, 0.3) is 11.5 Å². The number of carbonyl (C=O) groups is 2. The molecule has 1 N–H and O–H groups in total. The number of aromatic nitrogens is 1. The topological polar surface area (TPSA) is 87.8 Å². The fourth-order valence-electron chi connectivity index (χ4n) is 3.83. The fraction of sp³-hybridized carbons (Fsp3) is 0.292. The monoisotopic (exact) mass is 488 g/mol. The first-order valence-corrected chi connectivity index (χ1v) is 10.9. The Morgan fingerprint density at radius 3 is 2.37 bits per heavy atom. The van der Waals surface area contributed by atoms with E-state index in [2.05, 4.69) is 5.32 Å². The molecule has 0 unspecified atom stereocenters. The van der Waals surface area contributed by atoms with Gasteiger partial charge in [-0.15, -0.1) is 0 Å². The van der Waals surface area contributed by atoms with E-state index < -0.39 is 17.6 Å². The Hall–Kier alpha value is -3.86. The van der Waals surface area contributed by atoms with Crippen LogP contribution in [-0.2, 0) is 17.5 Å². The first kappa shape index (κ1) is 24.3. The largest absolute Gasteiger partial charge is 0.454 e. The van der Waals surface area contributed by atoms with Crippen LogP contribution in [0.5, 0.6) is 0 Å². The summed E-state index contributed by atoms with van der Waals surface area (Å²) in [5.41, 5.74) is -1.37. The van der Waals surface area contributed by atoms with Gasteiger partial charge in [-0.05, 0) is 30.3 Å². The zero-order chi connectivity index (χ0) is 25.0. The van der Waals surface area contributed by atoms with Gasteiger partial charge in [-0.25, -0.2) is 0 Å². The van der Waals surface area contributed by atoms with Crippen LogP contribution >= 0.6 is 0 Å². The van der Waals surface area contributed by atoms with Crippen molar-refractivity contribution < 1.29 is 27.2 Å². The number of furan rings is 1. The summed E-state index contributed by atoms with van der Waals surface area (Å²) < 4.78 is 46.5. The molecule has 11 heteroatoms. The highest BCUT2D eigenvalue weighted by atomic mass is 19.4. The molecule has 1 aromatic carbocycles. The Morgan fingerprint density at radius 1 is 0.943 bits per heavy atom. The highest BCUT2D eigenvalue weighted by Crippen LogP contribution is 2.34. The molecule has 3 aromatic rings. The van der Waals surface area contributed by atoms with E-state index in [9.17, 15) is 27.6 Å². The van der Waals surface area contributed by atoms with Crippen LogP contribution in [0.15, 0.2) is 70.0 Å². The van der Waals surface area contributed by atoms with Crippen molar-refractivity contribution in [1.29, 1.82) is 0 Å². The van der Waals surface area contributed by atoms with Crippen molar-refractivity contribution in [3.8, 4) is 0 Å². The lowest BCUT2D eigenvalue weighted by molar-refractivity contribution is -0.137. The van der Waals surface area contributed by atoms with Crippen molar-refractivity contribution in [3.05, 3.63) is 88.2 Å². The predicted molar refractivity (Wildman–Crippen MR) is 121 cm³/mol. The van der Waals surface area contributed by atoms with E-state index in [0.717, 1.165) is 6.07 Å². The molecule has 1 saturated heterocycles. The summed E-state index contributed by atoms with van der Waals surface area (Å²) in [6.45, 7) is 1.54. The van der Waals surface area contributed by atoms with E-state index in [4.69, 9.17) is 4.42 Å². The third-order valence-corrected chi connectivity index (χ3v) is 5.63. The second kappa shape index (κ2) is 10.2. The van der Waals surface area contributed by atoms with Gasteiger partial charge in [0.1, 0.15) is 5.76 Å². The van der Waals surface area contributed by atoms with Crippen molar-refractivity contribution in [3.63, 3.8) is 0 Å². The van der Waals surface area contributed by atoms with Gasteiger partial charge in [0.15, 0.2) is 5.76 Å². The van der Waals surface area contributed by atoms with Gasteiger partial charge in [-0.3, -0.25) is 19.3 Å². The molecule has 0 atom stereocenters. The normalized spacial score (nSPS) is 14.7. The van der Waals surface area contributed by atoms with E-state index in [1.165, 1.54) is 28.8 Å². The minimum absolute atomic E-state index is 0.0923. The Kier molecular flexibility index (Phi) is 7.06. The summed E-state index contributed by atoms with van der Waals surface area (Å²) in [4.78, 5) is 40.3. The molecule has 3 heterocycles. The number of pyridine rings is 1. The molecular weight excluding hydrogens is 465 g/mol. The van der Waals surface area contributed by atoms with Crippen molar-refractivity contribution >= 4 is 17.5 Å². The third kappa shape index (κ3) is 5.99. The second-order valence-electron chi connectivity index (χ2n) is 8.09.